The number of rotatable bonds is 2. The van der Waals surface area contributed by atoms with Crippen molar-refractivity contribution >= 4 is 11.8 Å². The molecule has 0 saturated carbocycles. The van der Waals surface area contributed by atoms with E-state index in [1.807, 2.05) is 0 Å². The number of ether oxygens (including phenoxy) is 1. The maximum atomic E-state index is 13.0. The third-order valence-corrected chi connectivity index (χ3v) is 5.34. The molecule has 3 rings (SSSR count). The lowest BCUT2D eigenvalue weighted by Crippen LogP contribution is -2.46. The Labute approximate surface area is 155 Å². The van der Waals surface area contributed by atoms with Crippen LogP contribution in [0.5, 0.6) is 0 Å². The number of carbonyl (C=O) groups excluding carboxylic acids is 1. The van der Waals surface area contributed by atoms with Crippen molar-refractivity contribution in [2.75, 3.05) is 31.6 Å². The monoisotopic (exact) mass is 390 g/mol. The minimum Gasteiger partial charge on any atom is -0.381 e. The number of anilines is 1. The quantitative estimate of drug-likeness (QED) is 0.814. The molecule has 0 aliphatic carbocycles. The van der Waals surface area contributed by atoms with Crippen molar-refractivity contribution in [1.29, 1.82) is 0 Å². The summed E-state index contributed by atoms with van der Waals surface area (Å²) in [6.07, 6.45) is -3.62. The topological polar surface area (TPSA) is 79.6 Å². The van der Waals surface area contributed by atoms with Gasteiger partial charge in [0, 0.05) is 45.1 Å². The Morgan fingerprint density at radius 1 is 1.37 bits per heavy atom. The van der Waals surface area contributed by atoms with Gasteiger partial charge in [0.05, 0.1) is 12.3 Å². The fourth-order valence-corrected chi connectivity index (χ4v) is 3.57. The number of amides is 2. The van der Waals surface area contributed by atoms with Gasteiger partial charge in [-0.15, -0.1) is 0 Å². The SMILES string of the molecule is Cn1nc(C2CCCOC2)cc1NC(=O)N1CCCC(O)(C(F)(F)F)CC1. The first-order valence-electron chi connectivity index (χ1n) is 9.16. The highest BCUT2D eigenvalue weighted by molar-refractivity contribution is 5.88. The maximum Gasteiger partial charge on any atom is 0.417 e. The predicted octanol–water partition coefficient (Wildman–Crippen LogP) is 2.63. The highest BCUT2D eigenvalue weighted by atomic mass is 19.4. The number of aromatic nitrogens is 2. The number of hydrogen-bond donors (Lipinski definition) is 2. The molecule has 2 saturated heterocycles. The van der Waals surface area contributed by atoms with Gasteiger partial charge in [-0.05, 0) is 25.7 Å². The third kappa shape index (κ3) is 4.37. The molecule has 2 fully saturated rings. The van der Waals surface area contributed by atoms with Crippen molar-refractivity contribution in [2.24, 2.45) is 7.05 Å². The van der Waals surface area contributed by atoms with Crippen molar-refractivity contribution in [3.8, 4) is 0 Å². The van der Waals surface area contributed by atoms with Gasteiger partial charge in [0.15, 0.2) is 5.60 Å². The lowest BCUT2D eigenvalue weighted by molar-refractivity contribution is -0.263. The summed E-state index contributed by atoms with van der Waals surface area (Å²) in [4.78, 5) is 13.8. The Hall–Kier alpha value is -1.81. The van der Waals surface area contributed by atoms with E-state index in [1.165, 1.54) is 4.90 Å². The molecular formula is C17H25F3N4O3. The zero-order valence-corrected chi connectivity index (χ0v) is 15.3. The number of nitrogens with zero attached hydrogens (tertiary/aromatic N) is 3. The second-order valence-electron chi connectivity index (χ2n) is 7.29. The summed E-state index contributed by atoms with van der Waals surface area (Å²) in [5, 5.41) is 17.0. The normalized spacial score (nSPS) is 27.3. The van der Waals surface area contributed by atoms with Crippen LogP contribution >= 0.6 is 0 Å². The lowest BCUT2D eigenvalue weighted by atomic mass is 9.94. The Bertz CT molecular complexity index is 673. The average molecular weight is 390 g/mol. The molecule has 0 radical (unpaired) electrons. The Kier molecular flexibility index (Phi) is 5.66. The molecular weight excluding hydrogens is 365 g/mol. The van der Waals surface area contributed by atoms with E-state index in [4.69, 9.17) is 4.74 Å². The summed E-state index contributed by atoms with van der Waals surface area (Å²) < 4.78 is 46.1. The standard InChI is InChI=1S/C17H25F3N4O3/c1-23-14(10-13(22-23)12-4-2-9-27-11-12)21-15(25)24-7-3-5-16(26,6-8-24)17(18,19)20/h10,12,26H,2-9,11H2,1H3,(H,21,25). The predicted molar refractivity (Wildman–Crippen MR) is 91.4 cm³/mol. The molecule has 2 aliphatic rings. The number of alkyl halides is 3. The summed E-state index contributed by atoms with van der Waals surface area (Å²) >= 11 is 0. The average Bonchev–Trinajstić information content (AvgIpc) is 2.85. The van der Waals surface area contributed by atoms with Gasteiger partial charge in [-0.25, -0.2) is 4.79 Å². The molecule has 1 aromatic rings. The Morgan fingerprint density at radius 2 is 2.15 bits per heavy atom. The summed E-state index contributed by atoms with van der Waals surface area (Å²) in [5.41, 5.74) is -1.90. The van der Waals surface area contributed by atoms with Crippen LogP contribution in [-0.4, -0.2) is 63.9 Å². The zero-order valence-electron chi connectivity index (χ0n) is 15.3. The van der Waals surface area contributed by atoms with Crippen LogP contribution < -0.4 is 5.32 Å². The van der Waals surface area contributed by atoms with E-state index in [0.717, 1.165) is 25.1 Å². The molecule has 152 valence electrons. The second-order valence-corrected chi connectivity index (χ2v) is 7.29. The van der Waals surface area contributed by atoms with E-state index in [2.05, 4.69) is 10.4 Å². The van der Waals surface area contributed by atoms with Crippen LogP contribution in [0.1, 0.15) is 43.7 Å². The molecule has 10 heteroatoms. The molecule has 2 unspecified atom stereocenters. The van der Waals surface area contributed by atoms with E-state index in [0.29, 0.717) is 12.4 Å². The van der Waals surface area contributed by atoms with Crippen molar-refractivity contribution in [3.05, 3.63) is 11.8 Å². The second kappa shape index (κ2) is 7.67. The van der Waals surface area contributed by atoms with Crippen molar-refractivity contribution in [3.63, 3.8) is 0 Å². The minimum atomic E-state index is -4.70. The summed E-state index contributed by atoms with van der Waals surface area (Å²) in [6, 6.07) is 1.29. The highest BCUT2D eigenvalue weighted by Gasteiger charge is 2.53. The van der Waals surface area contributed by atoms with Crippen LogP contribution in [0.25, 0.3) is 0 Å². The molecule has 3 heterocycles. The van der Waals surface area contributed by atoms with Crippen molar-refractivity contribution in [1.82, 2.24) is 14.7 Å². The van der Waals surface area contributed by atoms with E-state index in [1.54, 1.807) is 17.8 Å². The molecule has 0 aromatic carbocycles. The van der Waals surface area contributed by atoms with Gasteiger partial charge in [0.2, 0.25) is 0 Å². The molecule has 2 amide bonds. The van der Waals surface area contributed by atoms with E-state index in [9.17, 15) is 23.1 Å². The van der Waals surface area contributed by atoms with Gasteiger partial charge in [-0.1, -0.05) is 0 Å². The van der Waals surface area contributed by atoms with Gasteiger partial charge in [-0.3, -0.25) is 10.00 Å². The van der Waals surface area contributed by atoms with Crippen LogP contribution in [0.15, 0.2) is 6.07 Å². The molecule has 0 spiro atoms. The molecule has 2 atom stereocenters. The van der Waals surface area contributed by atoms with Gasteiger partial charge < -0.3 is 14.7 Å². The molecule has 2 aliphatic heterocycles. The summed E-state index contributed by atoms with van der Waals surface area (Å²) in [6.45, 7) is 1.33. The molecule has 7 nitrogen and oxygen atoms in total. The van der Waals surface area contributed by atoms with Crippen LogP contribution in [0.2, 0.25) is 0 Å². The largest absolute Gasteiger partial charge is 0.417 e. The van der Waals surface area contributed by atoms with Crippen LogP contribution in [-0.2, 0) is 11.8 Å². The molecule has 2 N–H and O–H groups in total. The van der Waals surface area contributed by atoms with Crippen LogP contribution in [0.4, 0.5) is 23.8 Å². The summed E-state index contributed by atoms with van der Waals surface area (Å²) in [5.74, 6) is 0.659. The maximum absolute atomic E-state index is 13.0. The fourth-order valence-electron chi connectivity index (χ4n) is 3.57. The number of aryl methyl sites for hydroxylation is 1. The van der Waals surface area contributed by atoms with E-state index in [-0.39, 0.29) is 25.4 Å². The van der Waals surface area contributed by atoms with Gasteiger partial charge in [0.1, 0.15) is 5.82 Å². The number of urea groups is 1. The molecule has 27 heavy (non-hydrogen) atoms. The first-order chi connectivity index (χ1) is 12.7. The molecule has 1 aromatic heterocycles. The fraction of sp³-hybridized carbons (Fsp3) is 0.765. The highest BCUT2D eigenvalue weighted by Crippen LogP contribution is 2.38. The number of halogens is 3. The first-order valence-corrected chi connectivity index (χ1v) is 9.16. The van der Waals surface area contributed by atoms with Gasteiger partial charge in [-0.2, -0.15) is 18.3 Å². The third-order valence-electron chi connectivity index (χ3n) is 5.34. The van der Waals surface area contributed by atoms with Crippen LogP contribution in [0.3, 0.4) is 0 Å². The lowest BCUT2D eigenvalue weighted by Gasteiger charge is -2.29. The number of likely N-dealkylation sites (tertiary alicyclic amines) is 1. The Balaban J connectivity index is 1.63. The van der Waals surface area contributed by atoms with E-state index < -0.39 is 30.7 Å². The zero-order chi connectivity index (χ0) is 19.7. The first kappa shape index (κ1) is 19.9. The Morgan fingerprint density at radius 3 is 2.81 bits per heavy atom. The number of carbonyl (C=O) groups is 1. The molecule has 0 bridgehead atoms. The number of aliphatic hydroxyl groups is 1. The van der Waals surface area contributed by atoms with Gasteiger partial charge in [0.25, 0.3) is 0 Å². The van der Waals surface area contributed by atoms with E-state index >= 15 is 0 Å². The smallest absolute Gasteiger partial charge is 0.381 e. The van der Waals surface area contributed by atoms with Crippen LogP contribution in [0, 0.1) is 0 Å². The van der Waals surface area contributed by atoms with Gasteiger partial charge >= 0.3 is 12.2 Å². The number of hydrogen-bond acceptors (Lipinski definition) is 4. The number of nitrogens with one attached hydrogen (secondary N) is 1. The summed E-state index contributed by atoms with van der Waals surface area (Å²) in [7, 11) is 1.70. The van der Waals surface area contributed by atoms with Crippen molar-refractivity contribution in [2.45, 2.75) is 49.8 Å². The van der Waals surface area contributed by atoms with Crippen molar-refractivity contribution < 1.29 is 27.8 Å². The minimum absolute atomic E-state index is 0.0828.